The third-order valence-electron chi connectivity index (χ3n) is 4.24. The number of benzene rings is 2. The van der Waals surface area contributed by atoms with Gasteiger partial charge in [0, 0.05) is 22.2 Å². The molecule has 3 aromatic rings. The van der Waals surface area contributed by atoms with E-state index in [4.69, 9.17) is 11.6 Å². The van der Waals surface area contributed by atoms with Gasteiger partial charge in [-0.15, -0.1) is 0 Å². The van der Waals surface area contributed by atoms with Gasteiger partial charge in [-0.2, -0.15) is 0 Å². The minimum absolute atomic E-state index is 0.151. The van der Waals surface area contributed by atoms with E-state index < -0.39 is 0 Å². The normalized spacial score (nSPS) is 11.5. The lowest BCUT2D eigenvalue weighted by molar-refractivity contribution is -0.115. The highest BCUT2D eigenvalue weighted by Crippen LogP contribution is 2.29. The number of anilines is 1. The summed E-state index contributed by atoms with van der Waals surface area (Å²) in [5, 5.41) is 4.41. The molecule has 2 aromatic carbocycles. The summed E-state index contributed by atoms with van der Waals surface area (Å²) in [5.41, 5.74) is 2.79. The van der Waals surface area contributed by atoms with E-state index >= 15 is 0 Å². The van der Waals surface area contributed by atoms with Gasteiger partial charge >= 0.3 is 0 Å². The molecule has 1 heterocycles. The number of nitrogens with one attached hydrogen (secondary N) is 2. The summed E-state index contributed by atoms with van der Waals surface area (Å²) in [7, 11) is 0. The van der Waals surface area contributed by atoms with Crippen molar-refractivity contribution in [2.45, 2.75) is 32.6 Å². The molecule has 0 radical (unpaired) electrons. The number of fused-ring (bicyclic) bond motifs is 1. The Hall–Kier alpha value is -2.59. The molecule has 0 spiro atoms. The van der Waals surface area contributed by atoms with Crippen molar-refractivity contribution >= 4 is 34.1 Å². The van der Waals surface area contributed by atoms with Gasteiger partial charge in [0.05, 0.1) is 11.9 Å². The topological polar surface area (TPSA) is 62.0 Å². The summed E-state index contributed by atoms with van der Waals surface area (Å²) < 4.78 is 0. The number of aromatic amines is 1. The van der Waals surface area contributed by atoms with Crippen molar-refractivity contribution in [2.75, 3.05) is 5.32 Å². The summed E-state index contributed by atoms with van der Waals surface area (Å²) in [6.45, 7) is 6.21. The highest BCUT2D eigenvalue weighted by molar-refractivity contribution is 6.31. The van der Waals surface area contributed by atoms with Crippen LogP contribution in [0.5, 0.6) is 0 Å². The third-order valence-corrected chi connectivity index (χ3v) is 4.61. The van der Waals surface area contributed by atoms with Crippen molar-refractivity contribution in [3.05, 3.63) is 75.0 Å². The van der Waals surface area contributed by atoms with E-state index in [2.05, 4.69) is 31.1 Å². The van der Waals surface area contributed by atoms with Crippen molar-refractivity contribution in [3.63, 3.8) is 0 Å². The van der Waals surface area contributed by atoms with Gasteiger partial charge in [0.25, 0.3) is 0 Å². The van der Waals surface area contributed by atoms with Crippen molar-refractivity contribution in [1.29, 1.82) is 0 Å². The van der Waals surface area contributed by atoms with Gasteiger partial charge in [-0.25, -0.2) is 0 Å². The molecule has 0 atom stereocenters. The standard InChI is InChI=1S/C21H21ClN2O2/c1-21(2,3)16-12-20(26)24-18-11-14(8-9-15(16)18)23-19(25)10-13-6-4-5-7-17(13)22/h4-9,11-12H,10H2,1-3H3,(H,23,25)(H,24,26). The number of carbonyl (C=O) groups is 1. The molecule has 0 aliphatic rings. The van der Waals surface area contributed by atoms with Crippen LogP contribution < -0.4 is 10.9 Å². The van der Waals surface area contributed by atoms with Crippen LogP contribution >= 0.6 is 11.6 Å². The maximum atomic E-state index is 12.3. The van der Waals surface area contributed by atoms with Crippen LogP contribution in [0.2, 0.25) is 5.02 Å². The Morgan fingerprint density at radius 1 is 1.12 bits per heavy atom. The monoisotopic (exact) mass is 368 g/mol. The summed E-state index contributed by atoms with van der Waals surface area (Å²) in [4.78, 5) is 27.2. The number of amides is 1. The Bertz CT molecular complexity index is 1030. The van der Waals surface area contributed by atoms with E-state index in [9.17, 15) is 9.59 Å². The van der Waals surface area contributed by atoms with Gasteiger partial charge in [0.2, 0.25) is 11.5 Å². The van der Waals surface area contributed by atoms with Crippen LogP contribution in [0.3, 0.4) is 0 Å². The van der Waals surface area contributed by atoms with Gasteiger partial charge in [-0.3, -0.25) is 9.59 Å². The zero-order chi connectivity index (χ0) is 18.9. The molecule has 26 heavy (non-hydrogen) atoms. The molecule has 4 nitrogen and oxygen atoms in total. The van der Waals surface area contributed by atoms with Gasteiger partial charge in [-0.1, -0.05) is 56.6 Å². The molecule has 0 unspecified atom stereocenters. The van der Waals surface area contributed by atoms with E-state index in [-0.39, 0.29) is 23.3 Å². The first-order valence-corrected chi connectivity index (χ1v) is 8.83. The van der Waals surface area contributed by atoms with Gasteiger partial charge in [0.15, 0.2) is 0 Å². The van der Waals surface area contributed by atoms with Crippen molar-refractivity contribution < 1.29 is 4.79 Å². The first-order chi connectivity index (χ1) is 12.2. The predicted molar refractivity (Wildman–Crippen MR) is 107 cm³/mol. The van der Waals surface area contributed by atoms with Crippen LogP contribution in [0.15, 0.2) is 53.3 Å². The molecule has 1 amide bonds. The Morgan fingerprint density at radius 2 is 1.85 bits per heavy atom. The fourth-order valence-electron chi connectivity index (χ4n) is 2.98. The smallest absolute Gasteiger partial charge is 0.248 e. The quantitative estimate of drug-likeness (QED) is 0.706. The fraction of sp³-hybridized carbons (Fsp3) is 0.238. The first kappa shape index (κ1) is 18.2. The molecular formula is C21H21ClN2O2. The number of carbonyl (C=O) groups excluding carboxylic acids is 1. The summed E-state index contributed by atoms with van der Waals surface area (Å²) in [6.07, 6.45) is 0.191. The second-order valence-corrected chi connectivity index (χ2v) is 7.78. The Balaban J connectivity index is 1.89. The average molecular weight is 369 g/mol. The molecule has 3 rings (SSSR count). The minimum Gasteiger partial charge on any atom is -0.326 e. The van der Waals surface area contributed by atoms with Gasteiger partial charge < -0.3 is 10.3 Å². The molecule has 134 valence electrons. The number of pyridine rings is 1. The Morgan fingerprint density at radius 3 is 2.54 bits per heavy atom. The zero-order valence-electron chi connectivity index (χ0n) is 15.0. The van der Waals surface area contributed by atoms with E-state index in [1.807, 2.05) is 30.3 Å². The van der Waals surface area contributed by atoms with Crippen LogP contribution in [-0.2, 0) is 16.6 Å². The molecule has 0 aliphatic carbocycles. The molecule has 0 aliphatic heterocycles. The first-order valence-electron chi connectivity index (χ1n) is 8.45. The van der Waals surface area contributed by atoms with Crippen LogP contribution in [0.1, 0.15) is 31.9 Å². The summed E-state index contributed by atoms with van der Waals surface area (Å²) >= 11 is 6.11. The zero-order valence-corrected chi connectivity index (χ0v) is 15.8. The van der Waals surface area contributed by atoms with Crippen LogP contribution in [0, 0.1) is 0 Å². The lowest BCUT2D eigenvalue weighted by Crippen LogP contribution is -2.18. The van der Waals surface area contributed by atoms with E-state index in [1.165, 1.54) is 0 Å². The van der Waals surface area contributed by atoms with Crippen molar-refractivity contribution in [1.82, 2.24) is 4.98 Å². The number of hydrogen-bond donors (Lipinski definition) is 2. The fourth-order valence-corrected chi connectivity index (χ4v) is 3.18. The average Bonchev–Trinajstić information content (AvgIpc) is 2.55. The molecule has 0 saturated heterocycles. The number of H-pyrrole nitrogens is 1. The Labute approximate surface area is 157 Å². The Kier molecular flexibility index (Phi) is 4.88. The second kappa shape index (κ2) is 6.96. The highest BCUT2D eigenvalue weighted by atomic mass is 35.5. The van der Waals surface area contributed by atoms with E-state index in [0.717, 1.165) is 16.5 Å². The second-order valence-electron chi connectivity index (χ2n) is 7.37. The van der Waals surface area contributed by atoms with Crippen LogP contribution in [0.25, 0.3) is 10.9 Å². The van der Waals surface area contributed by atoms with Crippen LogP contribution in [-0.4, -0.2) is 10.9 Å². The van der Waals surface area contributed by atoms with Gasteiger partial charge in [0.1, 0.15) is 0 Å². The molecule has 0 fully saturated rings. The van der Waals surface area contributed by atoms with E-state index in [1.54, 1.807) is 18.2 Å². The van der Waals surface area contributed by atoms with Crippen molar-refractivity contribution in [2.24, 2.45) is 0 Å². The van der Waals surface area contributed by atoms with Crippen LogP contribution in [0.4, 0.5) is 5.69 Å². The van der Waals surface area contributed by atoms with Crippen molar-refractivity contribution in [3.8, 4) is 0 Å². The minimum atomic E-state index is -0.160. The lowest BCUT2D eigenvalue weighted by Gasteiger charge is -2.21. The maximum Gasteiger partial charge on any atom is 0.248 e. The summed E-state index contributed by atoms with van der Waals surface area (Å²) in [6, 6.07) is 14.5. The number of rotatable bonds is 3. The SMILES string of the molecule is CC(C)(C)c1cc(=O)[nH]c2cc(NC(=O)Cc3ccccc3Cl)ccc12. The molecule has 0 saturated carbocycles. The predicted octanol–water partition coefficient (Wildman–Crippen LogP) is 4.66. The molecule has 5 heteroatoms. The highest BCUT2D eigenvalue weighted by Gasteiger charge is 2.18. The largest absolute Gasteiger partial charge is 0.326 e. The summed E-state index contributed by atoms with van der Waals surface area (Å²) in [5.74, 6) is -0.160. The number of hydrogen-bond acceptors (Lipinski definition) is 2. The molecule has 0 bridgehead atoms. The number of halogens is 1. The lowest BCUT2D eigenvalue weighted by atomic mass is 9.85. The maximum absolute atomic E-state index is 12.3. The van der Waals surface area contributed by atoms with Gasteiger partial charge in [-0.05, 0) is 34.7 Å². The third kappa shape index (κ3) is 3.97. The molecule has 2 N–H and O–H groups in total. The van der Waals surface area contributed by atoms with E-state index in [0.29, 0.717) is 16.2 Å². The number of aromatic nitrogens is 1. The molecule has 1 aromatic heterocycles. The molecular weight excluding hydrogens is 348 g/mol.